The van der Waals surface area contributed by atoms with Crippen LogP contribution in [-0.4, -0.2) is 29.0 Å². The van der Waals surface area contributed by atoms with E-state index in [0.29, 0.717) is 15.0 Å². The molecule has 1 unspecified atom stereocenters. The zero-order chi connectivity index (χ0) is 15.4. The summed E-state index contributed by atoms with van der Waals surface area (Å²) in [7, 11) is 1.59. The molecular weight excluding hydrogens is 310 g/mol. The zero-order valence-corrected chi connectivity index (χ0v) is 13.5. The number of carbonyl (C=O) groups excluding carboxylic acids is 2. The number of anilines is 1. The number of Topliss-reactive ketones (excluding diaryl/α,β-unsaturated/α-hetero) is 1. The van der Waals surface area contributed by atoms with Crippen molar-refractivity contribution in [2.45, 2.75) is 26.4 Å². The molecule has 8 heteroatoms. The van der Waals surface area contributed by atoms with Gasteiger partial charge in [0, 0.05) is 7.11 Å². The van der Waals surface area contributed by atoms with Crippen molar-refractivity contribution in [3.8, 4) is 0 Å². The van der Waals surface area contributed by atoms with Crippen LogP contribution in [0.4, 0.5) is 5.13 Å². The predicted octanol–water partition coefficient (Wildman–Crippen LogP) is 2.69. The van der Waals surface area contributed by atoms with E-state index in [9.17, 15) is 9.59 Å². The third-order valence-corrected chi connectivity index (χ3v) is 4.83. The van der Waals surface area contributed by atoms with Crippen LogP contribution < -0.4 is 5.32 Å². The number of methoxy groups -OCH3 is 1. The second-order valence-corrected chi connectivity index (χ2v) is 6.34. The summed E-state index contributed by atoms with van der Waals surface area (Å²) >= 11 is 2.63. The summed E-state index contributed by atoms with van der Waals surface area (Å²) in [6.07, 6.45) is 0.0570. The van der Waals surface area contributed by atoms with Crippen molar-refractivity contribution in [1.82, 2.24) is 10.2 Å². The van der Waals surface area contributed by atoms with E-state index in [1.54, 1.807) is 13.2 Å². The molecule has 0 radical (unpaired) electrons. The molecule has 2 aromatic heterocycles. The number of amides is 1. The third kappa shape index (κ3) is 4.16. The van der Waals surface area contributed by atoms with Crippen LogP contribution in [-0.2, 0) is 16.0 Å². The SMILES string of the molecule is COC(C)c1nnc(NC(=O)Cc2csc(C(C)=O)c2)s1. The van der Waals surface area contributed by atoms with E-state index < -0.39 is 0 Å². The Balaban J connectivity index is 1.94. The monoisotopic (exact) mass is 325 g/mol. The molecule has 2 rings (SSSR count). The average Bonchev–Trinajstić information content (AvgIpc) is 3.07. The van der Waals surface area contributed by atoms with Gasteiger partial charge in [0.15, 0.2) is 5.78 Å². The van der Waals surface area contributed by atoms with Crippen molar-refractivity contribution >= 4 is 39.5 Å². The summed E-state index contributed by atoms with van der Waals surface area (Å²) < 4.78 is 5.14. The van der Waals surface area contributed by atoms with Gasteiger partial charge in [-0.3, -0.25) is 9.59 Å². The first kappa shape index (κ1) is 15.7. The minimum atomic E-state index is -0.185. The molecule has 0 aliphatic carbocycles. The molecule has 2 heterocycles. The number of ether oxygens (including phenoxy) is 1. The Bertz CT molecular complexity index is 651. The van der Waals surface area contributed by atoms with Crippen LogP contribution in [0.5, 0.6) is 0 Å². The molecule has 0 bridgehead atoms. The molecule has 6 nitrogen and oxygen atoms in total. The normalized spacial score (nSPS) is 12.1. The second-order valence-electron chi connectivity index (χ2n) is 4.42. The summed E-state index contributed by atoms with van der Waals surface area (Å²) in [5.74, 6) is -0.176. The molecule has 1 amide bonds. The molecule has 0 saturated heterocycles. The number of ketones is 1. The van der Waals surface area contributed by atoms with E-state index in [0.717, 1.165) is 5.56 Å². The van der Waals surface area contributed by atoms with Gasteiger partial charge in [0.25, 0.3) is 0 Å². The highest BCUT2D eigenvalue weighted by Crippen LogP contribution is 2.23. The quantitative estimate of drug-likeness (QED) is 0.826. The lowest BCUT2D eigenvalue weighted by Crippen LogP contribution is -2.13. The van der Waals surface area contributed by atoms with Crippen molar-refractivity contribution in [3.63, 3.8) is 0 Å². The van der Waals surface area contributed by atoms with E-state index in [-0.39, 0.29) is 24.2 Å². The molecule has 0 spiro atoms. The van der Waals surface area contributed by atoms with Crippen LogP contribution in [0.15, 0.2) is 11.4 Å². The molecule has 0 aromatic carbocycles. The molecule has 1 N–H and O–H groups in total. The van der Waals surface area contributed by atoms with Gasteiger partial charge in [-0.1, -0.05) is 11.3 Å². The highest BCUT2D eigenvalue weighted by atomic mass is 32.1. The largest absolute Gasteiger partial charge is 0.374 e. The molecule has 21 heavy (non-hydrogen) atoms. The Morgan fingerprint density at radius 2 is 2.19 bits per heavy atom. The maximum Gasteiger partial charge on any atom is 0.230 e. The van der Waals surface area contributed by atoms with Gasteiger partial charge in [0.2, 0.25) is 11.0 Å². The molecule has 0 aliphatic heterocycles. The van der Waals surface area contributed by atoms with Crippen molar-refractivity contribution < 1.29 is 14.3 Å². The van der Waals surface area contributed by atoms with Gasteiger partial charge in [-0.25, -0.2) is 0 Å². The van der Waals surface area contributed by atoms with Gasteiger partial charge in [0.05, 0.1) is 11.3 Å². The Morgan fingerprint density at radius 3 is 2.81 bits per heavy atom. The number of hydrogen-bond acceptors (Lipinski definition) is 7. The Morgan fingerprint density at radius 1 is 1.43 bits per heavy atom. The summed E-state index contributed by atoms with van der Waals surface area (Å²) in [5.41, 5.74) is 0.817. The van der Waals surface area contributed by atoms with Crippen LogP contribution in [0.1, 0.15) is 40.2 Å². The Hall–Kier alpha value is -1.64. The lowest BCUT2D eigenvalue weighted by molar-refractivity contribution is -0.115. The standard InChI is InChI=1S/C13H15N3O3S2/c1-7(17)10-4-9(6-20-10)5-11(18)14-13-16-15-12(21-13)8(2)19-3/h4,6,8H,5H2,1-3H3,(H,14,16,18). The van der Waals surface area contributed by atoms with E-state index in [1.807, 2.05) is 12.3 Å². The van der Waals surface area contributed by atoms with Crippen molar-refractivity contribution in [2.75, 3.05) is 12.4 Å². The molecule has 0 fully saturated rings. The third-order valence-electron chi connectivity index (χ3n) is 2.75. The molecule has 2 aromatic rings. The molecule has 0 saturated carbocycles. The second kappa shape index (κ2) is 6.88. The fraction of sp³-hybridized carbons (Fsp3) is 0.385. The van der Waals surface area contributed by atoms with Crippen LogP contribution in [0.2, 0.25) is 0 Å². The number of rotatable bonds is 6. The van der Waals surface area contributed by atoms with Gasteiger partial charge >= 0.3 is 0 Å². The van der Waals surface area contributed by atoms with E-state index in [4.69, 9.17) is 4.74 Å². The molecular formula is C13H15N3O3S2. The topological polar surface area (TPSA) is 81.2 Å². The maximum absolute atomic E-state index is 11.9. The highest BCUT2D eigenvalue weighted by molar-refractivity contribution is 7.15. The van der Waals surface area contributed by atoms with Crippen molar-refractivity contribution in [3.05, 3.63) is 26.9 Å². The van der Waals surface area contributed by atoms with Gasteiger partial charge in [-0.05, 0) is 30.9 Å². The fourth-order valence-electron chi connectivity index (χ4n) is 1.55. The van der Waals surface area contributed by atoms with Crippen molar-refractivity contribution in [1.29, 1.82) is 0 Å². The zero-order valence-electron chi connectivity index (χ0n) is 11.9. The van der Waals surface area contributed by atoms with Gasteiger partial charge < -0.3 is 10.1 Å². The first-order chi connectivity index (χ1) is 9.99. The molecule has 112 valence electrons. The number of hydrogen-bond donors (Lipinski definition) is 1. The van der Waals surface area contributed by atoms with Gasteiger partial charge in [-0.15, -0.1) is 21.5 Å². The number of nitrogens with zero attached hydrogens (tertiary/aromatic N) is 2. The number of nitrogens with one attached hydrogen (secondary N) is 1. The summed E-state index contributed by atoms with van der Waals surface area (Å²) in [5, 5.41) is 13.5. The van der Waals surface area contributed by atoms with Crippen LogP contribution >= 0.6 is 22.7 Å². The first-order valence-corrected chi connectivity index (χ1v) is 7.93. The van der Waals surface area contributed by atoms with E-state index in [2.05, 4.69) is 15.5 Å². The molecule has 1 atom stereocenters. The van der Waals surface area contributed by atoms with Crippen molar-refractivity contribution in [2.24, 2.45) is 0 Å². The van der Waals surface area contributed by atoms with Gasteiger partial charge in [0.1, 0.15) is 11.1 Å². The van der Waals surface area contributed by atoms with Gasteiger partial charge in [-0.2, -0.15) is 0 Å². The lowest BCUT2D eigenvalue weighted by Gasteiger charge is -2.02. The average molecular weight is 325 g/mol. The highest BCUT2D eigenvalue weighted by Gasteiger charge is 2.14. The lowest BCUT2D eigenvalue weighted by atomic mass is 10.2. The Labute approximate surface area is 130 Å². The number of aromatic nitrogens is 2. The maximum atomic E-state index is 11.9. The van der Waals surface area contributed by atoms with E-state index >= 15 is 0 Å². The minimum absolute atomic E-state index is 0.00831. The summed E-state index contributed by atoms with van der Waals surface area (Å²) in [6.45, 7) is 3.37. The van der Waals surface area contributed by atoms with Crippen LogP contribution in [0.3, 0.4) is 0 Å². The fourth-order valence-corrected chi connectivity index (χ4v) is 3.16. The summed E-state index contributed by atoms with van der Waals surface area (Å²) in [6, 6.07) is 1.74. The number of thiophene rings is 1. The van der Waals surface area contributed by atoms with E-state index in [1.165, 1.54) is 29.6 Å². The van der Waals surface area contributed by atoms with Crippen LogP contribution in [0.25, 0.3) is 0 Å². The van der Waals surface area contributed by atoms with Crippen LogP contribution in [0, 0.1) is 0 Å². The summed E-state index contributed by atoms with van der Waals surface area (Å²) in [4.78, 5) is 23.8. The Kier molecular flexibility index (Phi) is 5.16. The first-order valence-electron chi connectivity index (χ1n) is 6.24. The minimum Gasteiger partial charge on any atom is -0.374 e. The smallest absolute Gasteiger partial charge is 0.230 e. The molecule has 0 aliphatic rings. The predicted molar refractivity (Wildman–Crippen MR) is 82.0 cm³/mol. The number of carbonyl (C=O) groups is 2.